The van der Waals surface area contributed by atoms with E-state index in [-0.39, 0.29) is 17.7 Å². The summed E-state index contributed by atoms with van der Waals surface area (Å²) in [5, 5.41) is 0. The van der Waals surface area contributed by atoms with Crippen molar-refractivity contribution < 1.29 is 21.6 Å². The predicted octanol–water partition coefficient (Wildman–Crippen LogP) is 2.40. The summed E-state index contributed by atoms with van der Waals surface area (Å²) in [5.41, 5.74) is 3.48. The SMILES string of the molecule is Nc1ccc(S(=O)(=O)NC2(C(F)(F)F)CC2)cc1Br. The van der Waals surface area contributed by atoms with Crippen molar-refractivity contribution in [2.24, 2.45) is 0 Å². The minimum absolute atomic E-state index is 0.244. The van der Waals surface area contributed by atoms with Crippen molar-refractivity contribution in [3.8, 4) is 0 Å². The zero-order valence-corrected chi connectivity index (χ0v) is 11.9. The van der Waals surface area contributed by atoms with Crippen LogP contribution in [-0.2, 0) is 10.0 Å². The van der Waals surface area contributed by atoms with E-state index in [4.69, 9.17) is 5.73 Å². The summed E-state index contributed by atoms with van der Waals surface area (Å²) >= 11 is 3.03. The van der Waals surface area contributed by atoms with Gasteiger partial charge in [0.2, 0.25) is 10.0 Å². The van der Waals surface area contributed by atoms with Crippen LogP contribution in [0.2, 0.25) is 0 Å². The first-order valence-electron chi connectivity index (χ1n) is 5.23. The Balaban J connectivity index is 2.31. The Morgan fingerprint density at radius 1 is 1.32 bits per heavy atom. The predicted molar refractivity (Wildman–Crippen MR) is 66.9 cm³/mol. The molecule has 0 spiro atoms. The smallest absolute Gasteiger partial charge is 0.398 e. The fourth-order valence-electron chi connectivity index (χ4n) is 1.56. The third-order valence-electron chi connectivity index (χ3n) is 2.90. The Hall–Kier alpha value is -0.800. The van der Waals surface area contributed by atoms with E-state index >= 15 is 0 Å². The lowest BCUT2D eigenvalue weighted by Crippen LogP contribution is -2.47. The molecule has 0 radical (unpaired) electrons. The molecule has 4 nitrogen and oxygen atoms in total. The van der Waals surface area contributed by atoms with E-state index in [1.807, 2.05) is 0 Å². The van der Waals surface area contributed by atoms with Crippen molar-refractivity contribution in [1.29, 1.82) is 0 Å². The molecular formula is C10H10BrF3N2O2S. The second-order valence-electron chi connectivity index (χ2n) is 4.37. The van der Waals surface area contributed by atoms with E-state index < -0.39 is 21.7 Å². The minimum Gasteiger partial charge on any atom is -0.398 e. The second-order valence-corrected chi connectivity index (χ2v) is 6.91. The van der Waals surface area contributed by atoms with Crippen LogP contribution in [0.4, 0.5) is 18.9 Å². The lowest BCUT2D eigenvalue weighted by molar-refractivity contribution is -0.160. The van der Waals surface area contributed by atoms with Crippen LogP contribution in [0.3, 0.4) is 0 Å². The van der Waals surface area contributed by atoms with Gasteiger partial charge >= 0.3 is 6.18 Å². The van der Waals surface area contributed by atoms with Crippen molar-refractivity contribution in [2.75, 3.05) is 5.73 Å². The van der Waals surface area contributed by atoms with Crippen molar-refractivity contribution in [3.05, 3.63) is 22.7 Å². The molecule has 19 heavy (non-hydrogen) atoms. The Kier molecular flexibility index (Phi) is 3.35. The number of nitrogens with one attached hydrogen (secondary N) is 1. The van der Waals surface area contributed by atoms with Crippen LogP contribution < -0.4 is 10.5 Å². The largest absolute Gasteiger partial charge is 0.407 e. The topological polar surface area (TPSA) is 72.2 Å². The zero-order chi connectivity index (χ0) is 14.5. The first-order valence-corrected chi connectivity index (χ1v) is 7.51. The van der Waals surface area contributed by atoms with E-state index in [9.17, 15) is 21.6 Å². The molecule has 106 valence electrons. The molecular weight excluding hydrogens is 349 g/mol. The molecule has 0 atom stereocenters. The summed E-state index contributed by atoms with van der Waals surface area (Å²) in [6.07, 6.45) is -5.08. The third kappa shape index (κ3) is 2.72. The Morgan fingerprint density at radius 3 is 2.32 bits per heavy atom. The van der Waals surface area contributed by atoms with E-state index in [0.717, 1.165) is 6.07 Å². The highest BCUT2D eigenvalue weighted by Crippen LogP contribution is 2.49. The summed E-state index contributed by atoms with van der Waals surface area (Å²) in [4.78, 5) is -0.260. The molecule has 0 aliphatic heterocycles. The van der Waals surface area contributed by atoms with Gasteiger partial charge in [-0.25, -0.2) is 8.42 Å². The lowest BCUT2D eigenvalue weighted by Gasteiger charge is -2.20. The maximum absolute atomic E-state index is 12.7. The normalized spacial score (nSPS) is 18.3. The number of halogens is 4. The summed E-state index contributed by atoms with van der Waals surface area (Å²) in [7, 11) is -4.23. The molecule has 0 aromatic heterocycles. The van der Waals surface area contributed by atoms with Crippen molar-refractivity contribution in [3.63, 3.8) is 0 Å². The summed E-state index contributed by atoms with van der Waals surface area (Å²) in [5.74, 6) is 0. The maximum atomic E-state index is 12.7. The number of nitrogen functional groups attached to an aromatic ring is 1. The van der Waals surface area contributed by atoms with E-state index in [1.165, 1.54) is 12.1 Å². The van der Waals surface area contributed by atoms with Gasteiger partial charge < -0.3 is 5.73 Å². The van der Waals surface area contributed by atoms with Gasteiger partial charge in [0.1, 0.15) is 5.54 Å². The number of benzene rings is 1. The minimum atomic E-state index is -4.59. The molecule has 1 aliphatic rings. The van der Waals surface area contributed by atoms with Gasteiger partial charge in [-0.05, 0) is 47.0 Å². The van der Waals surface area contributed by atoms with Gasteiger partial charge in [0.05, 0.1) is 4.90 Å². The number of nitrogens with two attached hydrogens (primary N) is 1. The van der Waals surface area contributed by atoms with Crippen LogP contribution in [0.1, 0.15) is 12.8 Å². The maximum Gasteiger partial charge on any atom is 0.407 e. The first-order chi connectivity index (χ1) is 8.57. The Morgan fingerprint density at radius 2 is 1.89 bits per heavy atom. The van der Waals surface area contributed by atoms with Gasteiger partial charge in [-0.3, -0.25) is 0 Å². The summed E-state index contributed by atoms with van der Waals surface area (Å²) in [6, 6.07) is 3.64. The number of rotatable bonds is 3. The van der Waals surface area contributed by atoms with Crippen LogP contribution in [-0.4, -0.2) is 20.1 Å². The number of hydrogen-bond donors (Lipinski definition) is 2. The first kappa shape index (κ1) is 14.6. The molecule has 0 amide bonds. The third-order valence-corrected chi connectivity index (χ3v) is 5.13. The Bertz CT molecular complexity index is 612. The number of sulfonamides is 1. The average Bonchev–Trinajstić information content (AvgIpc) is 3.01. The highest BCUT2D eigenvalue weighted by Gasteiger charge is 2.65. The van der Waals surface area contributed by atoms with Gasteiger partial charge in [0.15, 0.2) is 0 Å². The lowest BCUT2D eigenvalue weighted by atomic mass is 10.3. The number of alkyl halides is 3. The Labute approximate surface area is 116 Å². The molecule has 1 aromatic rings. The molecule has 3 N–H and O–H groups in total. The van der Waals surface area contributed by atoms with Gasteiger partial charge in [-0.15, -0.1) is 0 Å². The highest BCUT2D eigenvalue weighted by molar-refractivity contribution is 9.10. The molecule has 0 unspecified atom stereocenters. The van der Waals surface area contributed by atoms with Crippen LogP contribution in [0.5, 0.6) is 0 Å². The molecule has 9 heteroatoms. The van der Waals surface area contributed by atoms with Gasteiger partial charge in [-0.1, -0.05) is 0 Å². The van der Waals surface area contributed by atoms with Gasteiger partial charge in [-0.2, -0.15) is 17.9 Å². The van der Waals surface area contributed by atoms with E-state index in [1.54, 1.807) is 4.72 Å². The summed E-state index contributed by atoms with van der Waals surface area (Å²) < 4.78 is 64.1. The van der Waals surface area contributed by atoms with Crippen LogP contribution in [0.15, 0.2) is 27.6 Å². The van der Waals surface area contributed by atoms with Crippen molar-refractivity contribution >= 4 is 31.6 Å². The quantitative estimate of drug-likeness (QED) is 0.815. The van der Waals surface area contributed by atoms with Crippen molar-refractivity contribution in [1.82, 2.24) is 4.72 Å². The van der Waals surface area contributed by atoms with Gasteiger partial charge in [0, 0.05) is 10.2 Å². The zero-order valence-electron chi connectivity index (χ0n) is 9.46. The van der Waals surface area contributed by atoms with E-state index in [0.29, 0.717) is 10.2 Å². The highest BCUT2D eigenvalue weighted by atomic mass is 79.9. The van der Waals surface area contributed by atoms with Crippen molar-refractivity contribution in [2.45, 2.75) is 29.5 Å². The van der Waals surface area contributed by atoms with Crippen LogP contribution >= 0.6 is 15.9 Å². The number of hydrogen-bond acceptors (Lipinski definition) is 3. The van der Waals surface area contributed by atoms with Gasteiger partial charge in [0.25, 0.3) is 0 Å². The molecule has 0 bridgehead atoms. The average molecular weight is 359 g/mol. The second kappa shape index (κ2) is 4.35. The van der Waals surface area contributed by atoms with Crippen LogP contribution in [0.25, 0.3) is 0 Å². The standard InChI is InChI=1S/C10H10BrF3N2O2S/c11-7-5-6(1-2-8(7)15)19(17,18)16-9(3-4-9)10(12,13)14/h1-2,5,16H,3-4,15H2. The molecule has 1 fully saturated rings. The van der Waals surface area contributed by atoms with Crippen LogP contribution in [0, 0.1) is 0 Å². The fourth-order valence-corrected chi connectivity index (χ4v) is 3.56. The molecule has 1 aromatic carbocycles. The molecule has 0 saturated heterocycles. The molecule has 0 heterocycles. The van der Waals surface area contributed by atoms with E-state index in [2.05, 4.69) is 15.9 Å². The summed E-state index contributed by atoms with van der Waals surface area (Å²) in [6.45, 7) is 0. The molecule has 1 aliphatic carbocycles. The molecule has 2 rings (SSSR count). The fraction of sp³-hybridized carbons (Fsp3) is 0.400. The number of anilines is 1. The molecule has 1 saturated carbocycles. The monoisotopic (exact) mass is 358 g/mol.